The Morgan fingerprint density at radius 2 is 1.92 bits per heavy atom. The molecule has 2 aromatic rings. The van der Waals surface area contributed by atoms with Crippen LogP contribution in [0.2, 0.25) is 10.0 Å². The number of nitrogens with one attached hydrogen (secondary N) is 1. The number of pyridine rings is 1. The Bertz CT molecular complexity index is 733. The summed E-state index contributed by atoms with van der Waals surface area (Å²) in [7, 11) is 0. The highest BCUT2D eigenvalue weighted by Crippen LogP contribution is 2.25. The molecular formula is C20H23Cl2N3O. The van der Waals surface area contributed by atoms with Gasteiger partial charge in [-0.05, 0) is 42.7 Å². The van der Waals surface area contributed by atoms with Gasteiger partial charge < -0.3 is 10.2 Å². The molecule has 1 aromatic heterocycles. The number of nitrogens with zero attached hydrogens (tertiary/aromatic N) is 2. The van der Waals surface area contributed by atoms with Crippen molar-refractivity contribution in [2.24, 2.45) is 0 Å². The molecule has 1 aromatic carbocycles. The number of hydrogen-bond acceptors (Lipinski definition) is 2. The van der Waals surface area contributed by atoms with E-state index in [1.165, 1.54) is 19.3 Å². The lowest BCUT2D eigenvalue weighted by Crippen LogP contribution is -2.46. The van der Waals surface area contributed by atoms with Crippen molar-refractivity contribution in [1.82, 2.24) is 15.2 Å². The van der Waals surface area contributed by atoms with Gasteiger partial charge in [0.25, 0.3) is 0 Å². The second-order valence-electron chi connectivity index (χ2n) is 6.65. The van der Waals surface area contributed by atoms with E-state index in [2.05, 4.69) is 10.3 Å². The summed E-state index contributed by atoms with van der Waals surface area (Å²) in [6, 6.07) is 11.4. The maximum Gasteiger partial charge on any atom is 0.318 e. The quantitative estimate of drug-likeness (QED) is 0.737. The molecule has 0 unspecified atom stereocenters. The van der Waals surface area contributed by atoms with E-state index >= 15 is 0 Å². The lowest BCUT2D eigenvalue weighted by atomic mass is 9.94. The zero-order valence-corrected chi connectivity index (χ0v) is 16.1. The SMILES string of the molecule is O=C(NCc1ccc(Cl)c(Cl)c1)N(Cc1ccccn1)C1CCCCC1. The van der Waals surface area contributed by atoms with Gasteiger partial charge in [-0.15, -0.1) is 0 Å². The third-order valence-electron chi connectivity index (χ3n) is 4.76. The lowest BCUT2D eigenvalue weighted by molar-refractivity contribution is 0.149. The number of rotatable bonds is 5. The Labute approximate surface area is 164 Å². The number of aromatic nitrogens is 1. The van der Waals surface area contributed by atoms with Crippen molar-refractivity contribution in [1.29, 1.82) is 0 Å². The molecule has 1 saturated carbocycles. The number of halogens is 2. The Hall–Kier alpha value is -1.78. The first-order valence-electron chi connectivity index (χ1n) is 9.02. The van der Waals surface area contributed by atoms with Gasteiger partial charge in [-0.3, -0.25) is 4.98 Å². The van der Waals surface area contributed by atoms with Crippen molar-refractivity contribution in [3.05, 3.63) is 63.9 Å². The maximum atomic E-state index is 12.9. The topological polar surface area (TPSA) is 45.2 Å². The van der Waals surface area contributed by atoms with Crippen LogP contribution in [0.3, 0.4) is 0 Å². The largest absolute Gasteiger partial charge is 0.334 e. The molecule has 0 aliphatic heterocycles. The van der Waals surface area contributed by atoms with Crippen LogP contribution in [0.25, 0.3) is 0 Å². The molecule has 2 amide bonds. The van der Waals surface area contributed by atoms with Crippen molar-refractivity contribution in [3.8, 4) is 0 Å². The van der Waals surface area contributed by atoms with Gasteiger partial charge in [-0.25, -0.2) is 4.79 Å². The third kappa shape index (κ3) is 5.12. The first kappa shape index (κ1) is 19.0. The minimum Gasteiger partial charge on any atom is -0.334 e. The van der Waals surface area contributed by atoms with Crippen LogP contribution in [0.15, 0.2) is 42.6 Å². The van der Waals surface area contributed by atoms with Crippen molar-refractivity contribution >= 4 is 29.2 Å². The molecule has 26 heavy (non-hydrogen) atoms. The molecule has 138 valence electrons. The van der Waals surface area contributed by atoms with E-state index in [0.717, 1.165) is 24.1 Å². The first-order chi connectivity index (χ1) is 12.6. The van der Waals surface area contributed by atoms with E-state index in [4.69, 9.17) is 23.2 Å². The number of hydrogen-bond donors (Lipinski definition) is 1. The van der Waals surface area contributed by atoms with Gasteiger partial charge in [-0.2, -0.15) is 0 Å². The molecule has 1 aliphatic rings. The summed E-state index contributed by atoms with van der Waals surface area (Å²) in [5.74, 6) is 0. The molecule has 6 heteroatoms. The van der Waals surface area contributed by atoms with E-state index in [-0.39, 0.29) is 12.1 Å². The number of urea groups is 1. The van der Waals surface area contributed by atoms with E-state index in [1.807, 2.05) is 29.2 Å². The molecule has 3 rings (SSSR count). The highest BCUT2D eigenvalue weighted by molar-refractivity contribution is 6.42. The molecule has 4 nitrogen and oxygen atoms in total. The van der Waals surface area contributed by atoms with Crippen LogP contribution >= 0.6 is 23.2 Å². The fraction of sp³-hybridized carbons (Fsp3) is 0.400. The highest BCUT2D eigenvalue weighted by Gasteiger charge is 2.25. The molecular weight excluding hydrogens is 369 g/mol. The molecule has 1 N–H and O–H groups in total. The van der Waals surface area contributed by atoms with Crippen LogP contribution in [0.4, 0.5) is 4.79 Å². The standard InChI is InChI=1S/C20H23Cl2N3O/c21-18-10-9-15(12-19(18)22)13-24-20(26)25(17-7-2-1-3-8-17)14-16-6-4-5-11-23-16/h4-6,9-12,17H,1-3,7-8,13-14H2,(H,24,26). The van der Waals surface area contributed by atoms with Crippen molar-refractivity contribution in [3.63, 3.8) is 0 Å². The van der Waals surface area contributed by atoms with E-state index < -0.39 is 0 Å². The number of carbonyl (C=O) groups excluding carboxylic acids is 1. The second-order valence-corrected chi connectivity index (χ2v) is 7.46. The summed E-state index contributed by atoms with van der Waals surface area (Å²) in [4.78, 5) is 19.2. The van der Waals surface area contributed by atoms with Crippen LogP contribution in [-0.4, -0.2) is 22.0 Å². The average Bonchev–Trinajstić information content (AvgIpc) is 2.68. The number of benzene rings is 1. The third-order valence-corrected chi connectivity index (χ3v) is 5.50. The summed E-state index contributed by atoms with van der Waals surface area (Å²) in [6.07, 6.45) is 7.45. The van der Waals surface area contributed by atoms with Crippen molar-refractivity contribution in [2.75, 3.05) is 0 Å². The predicted octanol–water partition coefficient (Wildman–Crippen LogP) is 5.43. The first-order valence-corrected chi connectivity index (χ1v) is 9.77. The Balaban J connectivity index is 1.68. The summed E-state index contributed by atoms with van der Waals surface area (Å²) >= 11 is 12.0. The van der Waals surface area contributed by atoms with Crippen LogP contribution in [-0.2, 0) is 13.1 Å². The van der Waals surface area contributed by atoms with Crippen LogP contribution in [0.5, 0.6) is 0 Å². The van der Waals surface area contributed by atoms with Gasteiger partial charge in [0, 0.05) is 18.8 Å². The van der Waals surface area contributed by atoms with Gasteiger partial charge in [0.15, 0.2) is 0 Å². The summed E-state index contributed by atoms with van der Waals surface area (Å²) in [5, 5.41) is 4.03. The minimum atomic E-state index is -0.0615. The van der Waals surface area contributed by atoms with E-state index in [0.29, 0.717) is 23.1 Å². The Morgan fingerprint density at radius 3 is 2.62 bits per heavy atom. The molecule has 1 fully saturated rings. The molecule has 0 atom stereocenters. The van der Waals surface area contributed by atoms with Gasteiger partial charge in [-0.1, -0.05) is 54.6 Å². The Kier molecular flexibility index (Phi) is 6.75. The molecule has 1 heterocycles. The van der Waals surface area contributed by atoms with E-state index in [1.54, 1.807) is 18.3 Å². The zero-order chi connectivity index (χ0) is 18.4. The lowest BCUT2D eigenvalue weighted by Gasteiger charge is -2.34. The zero-order valence-electron chi connectivity index (χ0n) is 14.6. The van der Waals surface area contributed by atoms with Crippen LogP contribution < -0.4 is 5.32 Å². The number of carbonyl (C=O) groups is 1. The smallest absolute Gasteiger partial charge is 0.318 e. The summed E-state index contributed by atoms with van der Waals surface area (Å²) < 4.78 is 0. The van der Waals surface area contributed by atoms with Crippen LogP contribution in [0.1, 0.15) is 43.4 Å². The van der Waals surface area contributed by atoms with Crippen LogP contribution in [0, 0.1) is 0 Å². The minimum absolute atomic E-state index is 0.0615. The van der Waals surface area contributed by atoms with Crippen molar-refractivity contribution < 1.29 is 4.79 Å². The van der Waals surface area contributed by atoms with Crippen molar-refractivity contribution in [2.45, 2.75) is 51.2 Å². The molecule has 1 aliphatic carbocycles. The predicted molar refractivity (Wildman–Crippen MR) is 105 cm³/mol. The molecule has 0 radical (unpaired) electrons. The fourth-order valence-electron chi connectivity index (χ4n) is 3.35. The average molecular weight is 392 g/mol. The summed E-state index contributed by atoms with van der Waals surface area (Å²) in [6.45, 7) is 0.944. The highest BCUT2D eigenvalue weighted by atomic mass is 35.5. The van der Waals surface area contributed by atoms with E-state index in [9.17, 15) is 4.79 Å². The molecule has 0 bridgehead atoms. The van der Waals surface area contributed by atoms with Gasteiger partial charge in [0.05, 0.1) is 22.3 Å². The van der Waals surface area contributed by atoms with Gasteiger partial charge >= 0.3 is 6.03 Å². The molecule has 0 spiro atoms. The van der Waals surface area contributed by atoms with Gasteiger partial charge in [0.1, 0.15) is 0 Å². The molecule has 0 saturated heterocycles. The normalized spacial score (nSPS) is 14.8. The monoisotopic (exact) mass is 391 g/mol. The summed E-state index contributed by atoms with van der Waals surface area (Å²) in [5.41, 5.74) is 1.83. The fourth-order valence-corrected chi connectivity index (χ4v) is 3.68. The second kappa shape index (κ2) is 9.24. The number of amides is 2. The maximum absolute atomic E-state index is 12.9. The Morgan fingerprint density at radius 1 is 1.12 bits per heavy atom. The van der Waals surface area contributed by atoms with Gasteiger partial charge in [0.2, 0.25) is 0 Å².